The van der Waals surface area contributed by atoms with Gasteiger partial charge in [-0.1, -0.05) is 23.8 Å². The Morgan fingerprint density at radius 1 is 1.00 bits per heavy atom. The lowest BCUT2D eigenvalue weighted by Gasteiger charge is -2.13. The molecule has 2 N–H and O–H groups in total. The second-order valence-corrected chi connectivity index (χ2v) is 5.40. The van der Waals surface area contributed by atoms with Crippen LogP contribution in [0.4, 0.5) is 11.5 Å². The Morgan fingerprint density at radius 2 is 1.81 bits per heavy atom. The number of benzene rings is 2. The van der Waals surface area contributed by atoms with Gasteiger partial charge in [0, 0.05) is 30.7 Å². The number of rotatable bonds is 2. The molecule has 2 aromatic carbocycles. The molecule has 0 atom stereocenters. The van der Waals surface area contributed by atoms with E-state index in [-0.39, 0.29) is 0 Å². The van der Waals surface area contributed by atoms with Crippen molar-refractivity contribution in [3.05, 3.63) is 48.0 Å². The molecular formula is C17H18N4. The minimum atomic E-state index is 0.522. The van der Waals surface area contributed by atoms with Crippen molar-refractivity contribution in [3.63, 3.8) is 0 Å². The van der Waals surface area contributed by atoms with Gasteiger partial charge >= 0.3 is 0 Å². The van der Waals surface area contributed by atoms with Crippen LogP contribution in [-0.2, 0) is 0 Å². The third-order valence-corrected chi connectivity index (χ3v) is 3.50. The lowest BCUT2D eigenvalue weighted by molar-refractivity contribution is 1.13. The lowest BCUT2D eigenvalue weighted by Crippen LogP contribution is -2.08. The maximum atomic E-state index is 6.10. The van der Waals surface area contributed by atoms with Gasteiger partial charge < -0.3 is 10.6 Å². The summed E-state index contributed by atoms with van der Waals surface area (Å²) in [7, 11) is 4.02. The van der Waals surface area contributed by atoms with Crippen LogP contribution in [0, 0.1) is 6.92 Å². The Bertz CT molecular complexity index is 809. The fourth-order valence-corrected chi connectivity index (χ4v) is 2.32. The normalized spacial score (nSPS) is 10.8. The first-order valence-corrected chi connectivity index (χ1v) is 6.86. The van der Waals surface area contributed by atoms with Crippen LogP contribution in [-0.4, -0.2) is 24.1 Å². The number of nitrogen functional groups attached to an aromatic ring is 1. The zero-order valence-electron chi connectivity index (χ0n) is 12.5. The van der Waals surface area contributed by atoms with Crippen molar-refractivity contribution < 1.29 is 0 Å². The maximum Gasteiger partial charge on any atom is 0.162 e. The zero-order chi connectivity index (χ0) is 15.0. The van der Waals surface area contributed by atoms with Crippen molar-refractivity contribution in [1.82, 2.24) is 9.97 Å². The summed E-state index contributed by atoms with van der Waals surface area (Å²) < 4.78 is 0. The summed E-state index contributed by atoms with van der Waals surface area (Å²) in [6.45, 7) is 2.04. The molecular weight excluding hydrogens is 260 g/mol. The standard InChI is InChI=1S/C17H18N4/c1-11-7-8-15-14(9-11)16(18)20-17(19-15)12-5-4-6-13(10-12)21(2)3/h4-10H,1-3H3,(H2,18,19,20). The first-order chi connectivity index (χ1) is 10.0. The summed E-state index contributed by atoms with van der Waals surface area (Å²) in [6.07, 6.45) is 0. The van der Waals surface area contributed by atoms with E-state index in [4.69, 9.17) is 5.73 Å². The molecule has 0 spiro atoms. The van der Waals surface area contributed by atoms with E-state index in [0.717, 1.165) is 27.7 Å². The van der Waals surface area contributed by atoms with Crippen molar-refractivity contribution >= 4 is 22.4 Å². The number of aromatic nitrogens is 2. The summed E-state index contributed by atoms with van der Waals surface area (Å²) in [5, 5.41) is 0.905. The maximum absolute atomic E-state index is 6.10. The highest BCUT2D eigenvalue weighted by molar-refractivity contribution is 5.90. The van der Waals surface area contributed by atoms with Gasteiger partial charge in [0.1, 0.15) is 5.82 Å². The Balaban J connectivity index is 2.17. The van der Waals surface area contributed by atoms with E-state index in [2.05, 4.69) is 27.0 Å². The number of hydrogen-bond donors (Lipinski definition) is 1. The smallest absolute Gasteiger partial charge is 0.162 e. The average molecular weight is 278 g/mol. The van der Waals surface area contributed by atoms with Crippen molar-refractivity contribution in [2.45, 2.75) is 6.92 Å². The van der Waals surface area contributed by atoms with E-state index in [9.17, 15) is 0 Å². The van der Waals surface area contributed by atoms with Crippen LogP contribution in [0.15, 0.2) is 42.5 Å². The van der Waals surface area contributed by atoms with Crippen LogP contribution in [0.2, 0.25) is 0 Å². The molecule has 0 radical (unpaired) electrons. The Morgan fingerprint density at radius 3 is 2.57 bits per heavy atom. The van der Waals surface area contributed by atoms with Gasteiger partial charge in [-0.2, -0.15) is 0 Å². The van der Waals surface area contributed by atoms with E-state index in [1.807, 2.05) is 51.4 Å². The second kappa shape index (κ2) is 5.05. The summed E-state index contributed by atoms with van der Waals surface area (Å²) in [5.74, 6) is 1.18. The third-order valence-electron chi connectivity index (χ3n) is 3.50. The highest BCUT2D eigenvalue weighted by Gasteiger charge is 2.08. The predicted octanol–water partition coefficient (Wildman–Crippen LogP) is 3.25. The monoisotopic (exact) mass is 278 g/mol. The third kappa shape index (κ3) is 2.52. The first kappa shape index (κ1) is 13.4. The van der Waals surface area contributed by atoms with Crippen molar-refractivity contribution in [3.8, 4) is 11.4 Å². The van der Waals surface area contributed by atoms with E-state index in [0.29, 0.717) is 11.6 Å². The molecule has 0 fully saturated rings. The van der Waals surface area contributed by atoms with Gasteiger partial charge in [-0.25, -0.2) is 9.97 Å². The molecule has 0 unspecified atom stereocenters. The number of nitrogens with zero attached hydrogens (tertiary/aromatic N) is 3. The van der Waals surface area contributed by atoms with Crippen LogP contribution in [0.5, 0.6) is 0 Å². The largest absolute Gasteiger partial charge is 0.383 e. The fourth-order valence-electron chi connectivity index (χ4n) is 2.32. The van der Waals surface area contributed by atoms with E-state index < -0.39 is 0 Å². The lowest BCUT2D eigenvalue weighted by atomic mass is 10.1. The molecule has 106 valence electrons. The van der Waals surface area contributed by atoms with Gasteiger partial charge in [0.05, 0.1) is 5.52 Å². The molecule has 3 aromatic rings. The molecule has 21 heavy (non-hydrogen) atoms. The van der Waals surface area contributed by atoms with Crippen molar-refractivity contribution in [2.75, 3.05) is 24.7 Å². The highest BCUT2D eigenvalue weighted by atomic mass is 15.1. The average Bonchev–Trinajstić information content (AvgIpc) is 2.48. The van der Waals surface area contributed by atoms with E-state index in [1.165, 1.54) is 0 Å². The zero-order valence-corrected chi connectivity index (χ0v) is 12.5. The van der Waals surface area contributed by atoms with Gasteiger partial charge in [-0.15, -0.1) is 0 Å². The van der Waals surface area contributed by atoms with Crippen LogP contribution >= 0.6 is 0 Å². The molecule has 0 aliphatic rings. The Kier molecular flexibility index (Phi) is 3.22. The van der Waals surface area contributed by atoms with Gasteiger partial charge in [0.25, 0.3) is 0 Å². The topological polar surface area (TPSA) is 55.0 Å². The minimum absolute atomic E-state index is 0.522. The SMILES string of the molecule is Cc1ccc2nc(-c3cccc(N(C)C)c3)nc(N)c2c1. The van der Waals surface area contributed by atoms with E-state index >= 15 is 0 Å². The highest BCUT2D eigenvalue weighted by Crippen LogP contribution is 2.26. The number of anilines is 2. The Labute approximate surface area is 124 Å². The summed E-state index contributed by atoms with van der Waals surface area (Å²) >= 11 is 0. The number of fused-ring (bicyclic) bond motifs is 1. The minimum Gasteiger partial charge on any atom is -0.383 e. The number of hydrogen-bond acceptors (Lipinski definition) is 4. The van der Waals surface area contributed by atoms with Crippen LogP contribution in [0.25, 0.3) is 22.3 Å². The molecule has 1 heterocycles. The van der Waals surface area contributed by atoms with Crippen LogP contribution < -0.4 is 10.6 Å². The van der Waals surface area contributed by atoms with Gasteiger partial charge in [0.2, 0.25) is 0 Å². The fraction of sp³-hybridized carbons (Fsp3) is 0.176. The van der Waals surface area contributed by atoms with Gasteiger partial charge in [-0.3, -0.25) is 0 Å². The molecule has 0 saturated heterocycles. The van der Waals surface area contributed by atoms with Gasteiger partial charge in [-0.05, 0) is 31.2 Å². The summed E-state index contributed by atoms with van der Waals surface area (Å²) in [5.41, 5.74) is 10.2. The van der Waals surface area contributed by atoms with Gasteiger partial charge in [0.15, 0.2) is 5.82 Å². The first-order valence-electron chi connectivity index (χ1n) is 6.86. The quantitative estimate of drug-likeness (QED) is 0.781. The molecule has 0 aliphatic heterocycles. The summed E-state index contributed by atoms with van der Waals surface area (Å²) in [6, 6.07) is 14.2. The molecule has 0 bridgehead atoms. The number of aryl methyl sites for hydroxylation is 1. The molecule has 3 rings (SSSR count). The Hall–Kier alpha value is -2.62. The molecule has 1 aromatic heterocycles. The predicted molar refractivity (Wildman–Crippen MR) is 88.5 cm³/mol. The second-order valence-electron chi connectivity index (χ2n) is 5.40. The molecule has 0 amide bonds. The molecule has 4 nitrogen and oxygen atoms in total. The molecule has 0 saturated carbocycles. The van der Waals surface area contributed by atoms with Crippen LogP contribution in [0.1, 0.15) is 5.56 Å². The molecule has 0 aliphatic carbocycles. The summed E-state index contributed by atoms with van der Waals surface area (Å²) in [4.78, 5) is 11.2. The van der Waals surface area contributed by atoms with E-state index in [1.54, 1.807) is 0 Å². The van der Waals surface area contributed by atoms with Crippen molar-refractivity contribution in [2.24, 2.45) is 0 Å². The molecule has 4 heteroatoms. The number of nitrogens with two attached hydrogens (primary N) is 1. The van der Waals surface area contributed by atoms with Crippen molar-refractivity contribution in [1.29, 1.82) is 0 Å². The van der Waals surface area contributed by atoms with Crippen LogP contribution in [0.3, 0.4) is 0 Å².